The first-order chi connectivity index (χ1) is 24.3. The van der Waals surface area contributed by atoms with Crippen LogP contribution in [0.1, 0.15) is 78.6 Å². The maximum absolute atomic E-state index is 14.4. The number of amides is 3. The highest BCUT2D eigenvalue weighted by atomic mass is 32.1. The number of carbonyl (C=O) groups is 4. The Labute approximate surface area is 300 Å². The molecule has 2 aromatic heterocycles. The Morgan fingerprint density at radius 1 is 1.08 bits per heavy atom. The van der Waals surface area contributed by atoms with E-state index in [1.54, 1.807) is 51.5 Å². The third-order valence-electron chi connectivity index (χ3n) is 9.77. The Balaban J connectivity index is 1.33. The van der Waals surface area contributed by atoms with Crippen LogP contribution < -0.4 is 25.8 Å². The van der Waals surface area contributed by atoms with Gasteiger partial charge in [0, 0.05) is 29.3 Å². The number of rotatable bonds is 6. The van der Waals surface area contributed by atoms with E-state index in [1.807, 2.05) is 6.07 Å². The molecule has 1 saturated carbocycles. The lowest BCUT2D eigenvalue weighted by Crippen LogP contribution is -2.56. The molecule has 3 aromatic rings. The molecular weight excluding hydrogens is 676 g/mol. The maximum atomic E-state index is 14.4. The molecule has 5 atom stereocenters. The second-order valence-corrected chi connectivity index (χ2v) is 15.5. The van der Waals surface area contributed by atoms with Crippen molar-refractivity contribution in [1.82, 2.24) is 25.5 Å². The Hall–Kier alpha value is -4.66. The third kappa shape index (κ3) is 8.13. The fraction of sp³-hybridized carbons (Fsp3) is 0.556. The molecule has 2 saturated heterocycles. The first-order valence-electron chi connectivity index (χ1n) is 17.5. The van der Waals surface area contributed by atoms with Crippen molar-refractivity contribution in [2.45, 2.75) is 108 Å². The zero-order valence-electron chi connectivity index (χ0n) is 29.4. The van der Waals surface area contributed by atoms with Gasteiger partial charge in [-0.15, -0.1) is 11.3 Å². The average Bonchev–Trinajstić information content (AvgIpc) is 3.34. The number of carboxylic acids is 1. The van der Waals surface area contributed by atoms with Crippen molar-refractivity contribution in [3.8, 4) is 22.9 Å². The van der Waals surface area contributed by atoms with Crippen molar-refractivity contribution >= 4 is 51.2 Å². The van der Waals surface area contributed by atoms with Crippen molar-refractivity contribution in [3.05, 3.63) is 29.6 Å². The number of pyridine rings is 1. The monoisotopic (exact) mass is 722 g/mol. The Morgan fingerprint density at radius 2 is 1.82 bits per heavy atom. The number of nitrogens with zero attached hydrogens (tertiary/aromatic N) is 3. The number of carboxylic acid groups (broad SMARTS) is 1. The molecule has 274 valence electrons. The van der Waals surface area contributed by atoms with Gasteiger partial charge in [0.25, 0.3) is 0 Å². The minimum Gasteiger partial charge on any atom is -0.497 e. The van der Waals surface area contributed by atoms with Gasteiger partial charge in [0.05, 0.1) is 24.9 Å². The largest absolute Gasteiger partial charge is 0.497 e. The summed E-state index contributed by atoms with van der Waals surface area (Å²) >= 11 is 1.28. The van der Waals surface area contributed by atoms with Crippen molar-refractivity contribution in [1.29, 1.82) is 0 Å². The highest BCUT2D eigenvalue weighted by Crippen LogP contribution is 2.47. The normalized spacial score (nSPS) is 25.8. The van der Waals surface area contributed by atoms with E-state index in [9.17, 15) is 24.3 Å². The molecule has 3 fully saturated rings. The van der Waals surface area contributed by atoms with Gasteiger partial charge >= 0.3 is 12.1 Å². The van der Waals surface area contributed by atoms with Gasteiger partial charge in [-0.25, -0.2) is 19.6 Å². The van der Waals surface area contributed by atoms with Crippen LogP contribution in [0.4, 0.5) is 9.93 Å². The number of hydrogen-bond acceptors (Lipinski definition) is 11. The molecule has 0 bridgehead atoms. The summed E-state index contributed by atoms with van der Waals surface area (Å²) in [5.74, 6) is -1.22. The van der Waals surface area contributed by atoms with Crippen LogP contribution in [-0.2, 0) is 19.1 Å². The zero-order chi connectivity index (χ0) is 36.5. The van der Waals surface area contributed by atoms with E-state index in [4.69, 9.17) is 24.9 Å². The third-order valence-corrected chi connectivity index (χ3v) is 10.4. The fourth-order valence-corrected chi connectivity index (χ4v) is 7.68. The highest BCUT2D eigenvalue weighted by molar-refractivity contribution is 7.13. The summed E-state index contributed by atoms with van der Waals surface area (Å²) < 4.78 is 17.6. The van der Waals surface area contributed by atoms with Crippen LogP contribution in [0.15, 0.2) is 29.6 Å². The van der Waals surface area contributed by atoms with Crippen LogP contribution in [0.2, 0.25) is 0 Å². The van der Waals surface area contributed by atoms with Crippen molar-refractivity contribution in [3.63, 3.8) is 0 Å². The number of thiazole rings is 1. The van der Waals surface area contributed by atoms with Crippen molar-refractivity contribution < 1.29 is 38.5 Å². The number of benzene rings is 1. The molecule has 14 nitrogen and oxygen atoms in total. The Kier molecular flexibility index (Phi) is 10.3. The van der Waals surface area contributed by atoms with Gasteiger partial charge in [-0.05, 0) is 58.1 Å². The number of aliphatic carboxylic acids is 1. The van der Waals surface area contributed by atoms with Crippen LogP contribution in [0.3, 0.4) is 0 Å². The summed E-state index contributed by atoms with van der Waals surface area (Å²) in [6.45, 7) is 5.24. The quantitative estimate of drug-likeness (QED) is 0.270. The van der Waals surface area contributed by atoms with Crippen LogP contribution in [-0.4, -0.2) is 86.8 Å². The van der Waals surface area contributed by atoms with Gasteiger partial charge in [0.1, 0.15) is 46.5 Å². The molecule has 3 amide bonds. The average molecular weight is 723 g/mol. The van der Waals surface area contributed by atoms with E-state index < -0.39 is 53.2 Å². The number of alkyl carbamates (subject to hydrolysis) is 1. The van der Waals surface area contributed by atoms with Gasteiger partial charge in [0.15, 0.2) is 5.13 Å². The summed E-state index contributed by atoms with van der Waals surface area (Å²) in [5, 5.41) is 18.7. The molecule has 3 aliphatic rings. The number of aromatic nitrogens is 2. The van der Waals surface area contributed by atoms with Gasteiger partial charge in [-0.1, -0.05) is 32.1 Å². The van der Waals surface area contributed by atoms with Crippen LogP contribution in [0.5, 0.6) is 11.5 Å². The van der Waals surface area contributed by atoms with Crippen LogP contribution in [0, 0.1) is 5.92 Å². The number of hydrogen-bond donors (Lipinski definition) is 4. The van der Waals surface area contributed by atoms with Gasteiger partial charge in [0.2, 0.25) is 11.8 Å². The molecule has 1 aliphatic carbocycles. The standard InChI is InChI=1S/C36H46N6O8S/c1-35(2,3)50-34(47)40-24-11-9-7-5-6-8-10-20-17-36(20,32(45)46)41-30(43)28-15-22(18-42(28)31(24)44)49-29-16-26(27-19-51-33(37)39-27)38-25-14-21(48-4)12-13-23(25)29/h12-14,16,19-20,22,24,28H,5-11,15,17-18H2,1-4H3,(H2,37,39)(H,40,47)(H,41,43)(H,45,46)/t20?,22-,24?,28?,36?/m1/s1. The topological polar surface area (TPSA) is 195 Å². The number of nitrogens with two attached hydrogens (primary N) is 1. The second-order valence-electron chi connectivity index (χ2n) is 14.7. The molecule has 51 heavy (non-hydrogen) atoms. The molecular formula is C36H46N6O8S. The number of anilines is 1. The fourth-order valence-electron chi connectivity index (χ4n) is 7.12. The predicted molar refractivity (Wildman–Crippen MR) is 190 cm³/mol. The molecule has 2 aliphatic heterocycles. The first kappa shape index (κ1) is 36.1. The molecule has 0 spiro atoms. The van der Waals surface area contributed by atoms with E-state index in [0.717, 1.165) is 25.7 Å². The lowest BCUT2D eigenvalue weighted by molar-refractivity contribution is -0.146. The lowest BCUT2D eigenvalue weighted by atomic mass is 10.0. The zero-order valence-corrected chi connectivity index (χ0v) is 30.2. The number of nitrogen functional groups attached to an aromatic ring is 1. The number of nitrogens with one attached hydrogen (secondary N) is 2. The van der Waals surface area contributed by atoms with Crippen LogP contribution >= 0.6 is 11.3 Å². The van der Waals surface area contributed by atoms with E-state index >= 15 is 0 Å². The van der Waals surface area contributed by atoms with E-state index in [1.165, 1.54) is 16.2 Å². The van der Waals surface area contributed by atoms with Gasteiger partial charge < -0.3 is 40.6 Å². The van der Waals surface area contributed by atoms with Crippen molar-refractivity contribution in [2.75, 3.05) is 19.4 Å². The van der Waals surface area contributed by atoms with Gasteiger partial charge in [-0.2, -0.15) is 0 Å². The molecule has 4 unspecified atom stereocenters. The van der Waals surface area contributed by atoms with Crippen LogP contribution in [0.25, 0.3) is 22.3 Å². The molecule has 15 heteroatoms. The number of methoxy groups -OCH3 is 1. The number of carbonyl (C=O) groups excluding carboxylic acids is 3. The highest BCUT2D eigenvalue weighted by Gasteiger charge is 2.62. The van der Waals surface area contributed by atoms with Crippen molar-refractivity contribution in [2.24, 2.45) is 5.92 Å². The summed E-state index contributed by atoms with van der Waals surface area (Å²) in [6, 6.07) is 5.14. The Bertz CT molecular complexity index is 1810. The molecule has 0 radical (unpaired) electrons. The summed E-state index contributed by atoms with van der Waals surface area (Å²) in [7, 11) is 1.56. The smallest absolute Gasteiger partial charge is 0.408 e. The van der Waals surface area contributed by atoms with E-state index in [0.29, 0.717) is 64.6 Å². The predicted octanol–water partition coefficient (Wildman–Crippen LogP) is 4.89. The molecule has 4 heterocycles. The molecule has 1 aromatic carbocycles. The summed E-state index contributed by atoms with van der Waals surface area (Å²) in [4.78, 5) is 64.5. The minimum absolute atomic E-state index is 0.0197. The Morgan fingerprint density at radius 3 is 2.51 bits per heavy atom. The SMILES string of the molecule is COc1ccc2c(O[C@@H]3CC4C(=O)NC5(C(=O)O)CC5CCCCCCCC(NC(=O)OC(C)(C)C)C(=O)N4C3)cc(-c3csc(N)n3)nc2c1. The van der Waals surface area contributed by atoms with E-state index in [-0.39, 0.29) is 18.9 Å². The minimum atomic E-state index is -1.37. The number of ether oxygens (including phenoxy) is 3. The number of fused-ring (bicyclic) bond motifs is 3. The second kappa shape index (κ2) is 14.5. The summed E-state index contributed by atoms with van der Waals surface area (Å²) in [6.07, 6.45) is 4.28. The lowest BCUT2D eigenvalue weighted by Gasteiger charge is -2.30. The molecule has 6 rings (SSSR count). The summed E-state index contributed by atoms with van der Waals surface area (Å²) in [5.41, 5.74) is 5.44. The maximum Gasteiger partial charge on any atom is 0.408 e. The van der Waals surface area contributed by atoms with Gasteiger partial charge in [-0.3, -0.25) is 9.59 Å². The van der Waals surface area contributed by atoms with E-state index in [2.05, 4.69) is 15.6 Å². The first-order valence-corrected chi connectivity index (χ1v) is 18.4. The molecule has 5 N–H and O–H groups in total.